The van der Waals surface area contributed by atoms with Crippen molar-refractivity contribution in [3.63, 3.8) is 0 Å². The van der Waals surface area contributed by atoms with Gasteiger partial charge >= 0.3 is 6.09 Å². The normalized spacial score (nSPS) is 16.2. The van der Waals surface area contributed by atoms with Gasteiger partial charge in [-0.15, -0.1) is 0 Å². The lowest BCUT2D eigenvalue weighted by atomic mass is 9.99. The maximum atomic E-state index is 12.2. The highest BCUT2D eigenvalue weighted by atomic mass is 16.6. The minimum absolute atomic E-state index is 0.136. The van der Waals surface area contributed by atoms with Crippen LogP contribution < -0.4 is 15.0 Å². The number of aromatic nitrogens is 4. The number of hydrogen-bond acceptors (Lipinski definition) is 16. The number of hydrogen-bond donors (Lipinski definition) is 2. The maximum Gasteiger partial charge on any atom is 0.410 e. The fraction of sp³-hybridized carbons (Fsp3) is 0.733. The Morgan fingerprint density at radius 1 is 0.794 bits per heavy atom. The van der Waals surface area contributed by atoms with Crippen molar-refractivity contribution in [2.45, 2.75) is 96.9 Å². The van der Waals surface area contributed by atoms with Crippen LogP contribution in [0.5, 0.6) is 5.88 Å². The van der Waals surface area contributed by atoms with Crippen LogP contribution in [-0.4, -0.2) is 172 Å². The number of nitrogens with one attached hydrogen (secondary N) is 1. The molecule has 0 spiro atoms. The van der Waals surface area contributed by atoms with Crippen molar-refractivity contribution < 1.29 is 52.5 Å². The molecule has 1 atom stereocenters. The van der Waals surface area contributed by atoms with Gasteiger partial charge in [0.15, 0.2) is 5.65 Å². The van der Waals surface area contributed by atoms with Crippen LogP contribution in [0, 0.1) is 0 Å². The summed E-state index contributed by atoms with van der Waals surface area (Å²) in [5, 5.41) is 17.9. The fourth-order valence-electron chi connectivity index (χ4n) is 7.27. The van der Waals surface area contributed by atoms with Gasteiger partial charge < -0.3 is 62.9 Å². The standard InChI is InChI=1S/C45H73N7O11/c1-5-37-35-48-52-40(32-41(49-43(37)52)51-14-7-6-8-38(51)13-17-53)46-33-36-9-10-42(47-34-36)62-31-29-60-27-25-58-23-21-56-19-18-55-20-22-57-24-26-59-28-30-61-39-11-15-50(16-12-39)44(54)63-45(2,3)4/h9-10,32,34-35,38-39,46,53H,5-8,11-31,33H2,1-4H3/t38-/m0/s1. The number of carbonyl (C=O) groups is 1. The summed E-state index contributed by atoms with van der Waals surface area (Å²) >= 11 is 0. The summed E-state index contributed by atoms with van der Waals surface area (Å²) in [6.07, 6.45) is 10.1. The van der Waals surface area contributed by atoms with Gasteiger partial charge in [-0.3, -0.25) is 0 Å². The Kier molecular flexibility index (Phi) is 22.4. The first-order chi connectivity index (χ1) is 30.7. The molecule has 0 radical (unpaired) electrons. The molecule has 0 bridgehead atoms. The molecule has 63 heavy (non-hydrogen) atoms. The molecule has 2 saturated heterocycles. The van der Waals surface area contributed by atoms with Gasteiger partial charge in [0.1, 0.15) is 23.8 Å². The number of anilines is 2. The van der Waals surface area contributed by atoms with Crippen LogP contribution in [0.3, 0.4) is 0 Å². The Bertz CT molecular complexity index is 1700. The molecule has 5 heterocycles. The molecule has 3 aromatic rings. The molecular weight excluding hydrogens is 815 g/mol. The van der Waals surface area contributed by atoms with Gasteiger partial charge in [0.05, 0.1) is 98.2 Å². The number of nitrogens with zero attached hydrogens (tertiary/aromatic N) is 6. The van der Waals surface area contributed by atoms with E-state index in [0.717, 1.165) is 73.5 Å². The third-order valence-corrected chi connectivity index (χ3v) is 10.6. The molecule has 354 valence electrons. The Hall–Kier alpha value is -3.88. The minimum Gasteiger partial charge on any atom is -0.475 e. The third kappa shape index (κ3) is 18.3. The second kappa shape index (κ2) is 28.1. The molecule has 2 fully saturated rings. The topological polar surface area (TPSA) is 182 Å². The van der Waals surface area contributed by atoms with Crippen molar-refractivity contribution in [3.05, 3.63) is 41.7 Å². The van der Waals surface area contributed by atoms with Crippen LogP contribution in [0.15, 0.2) is 30.6 Å². The van der Waals surface area contributed by atoms with Gasteiger partial charge in [-0.25, -0.2) is 14.8 Å². The largest absolute Gasteiger partial charge is 0.475 e. The second-order valence-corrected chi connectivity index (χ2v) is 16.5. The predicted octanol–water partition coefficient (Wildman–Crippen LogP) is 4.93. The van der Waals surface area contributed by atoms with Crippen LogP contribution in [-0.2, 0) is 50.9 Å². The molecule has 0 aliphatic carbocycles. The molecule has 0 saturated carbocycles. The zero-order chi connectivity index (χ0) is 44.5. The van der Waals surface area contributed by atoms with E-state index in [1.54, 1.807) is 4.90 Å². The molecule has 2 aliphatic heterocycles. The van der Waals surface area contributed by atoms with Crippen LogP contribution in [0.25, 0.3) is 5.65 Å². The number of ether oxygens (including phenoxy) is 9. The monoisotopic (exact) mass is 888 g/mol. The summed E-state index contributed by atoms with van der Waals surface area (Å²) < 4.78 is 52.5. The molecular formula is C45H73N7O11. The number of fused-ring (bicyclic) bond motifs is 1. The summed E-state index contributed by atoms with van der Waals surface area (Å²) in [5.74, 6) is 2.33. The number of rotatable bonds is 30. The zero-order valence-electron chi connectivity index (χ0n) is 38.1. The van der Waals surface area contributed by atoms with Crippen molar-refractivity contribution in [2.24, 2.45) is 0 Å². The van der Waals surface area contributed by atoms with Crippen molar-refractivity contribution in [3.8, 4) is 5.88 Å². The van der Waals surface area contributed by atoms with Crippen LogP contribution in [0.2, 0.25) is 0 Å². The van der Waals surface area contributed by atoms with E-state index < -0.39 is 5.60 Å². The number of aliphatic hydroxyl groups excluding tert-OH is 1. The average Bonchev–Trinajstić information content (AvgIpc) is 3.71. The predicted molar refractivity (Wildman–Crippen MR) is 238 cm³/mol. The smallest absolute Gasteiger partial charge is 0.410 e. The maximum absolute atomic E-state index is 12.2. The molecule has 18 heteroatoms. The van der Waals surface area contributed by atoms with E-state index in [4.69, 9.17) is 47.6 Å². The summed E-state index contributed by atoms with van der Waals surface area (Å²) in [6, 6.07) is 6.21. The molecule has 3 aromatic heterocycles. The highest BCUT2D eigenvalue weighted by molar-refractivity contribution is 5.68. The molecule has 18 nitrogen and oxygen atoms in total. The Morgan fingerprint density at radius 2 is 1.41 bits per heavy atom. The molecule has 0 aromatic carbocycles. The van der Waals surface area contributed by atoms with Crippen LogP contribution in [0.4, 0.5) is 16.4 Å². The van der Waals surface area contributed by atoms with Crippen molar-refractivity contribution in [1.82, 2.24) is 24.5 Å². The highest BCUT2D eigenvalue weighted by Gasteiger charge is 2.28. The van der Waals surface area contributed by atoms with E-state index in [1.165, 1.54) is 6.42 Å². The first-order valence-corrected chi connectivity index (χ1v) is 22.9. The quantitative estimate of drug-likeness (QED) is 0.0859. The summed E-state index contributed by atoms with van der Waals surface area (Å²) in [4.78, 5) is 25.8. The zero-order valence-corrected chi connectivity index (χ0v) is 38.1. The molecule has 1 amide bonds. The van der Waals surface area contributed by atoms with E-state index in [2.05, 4.69) is 33.3 Å². The lowest BCUT2D eigenvalue weighted by Crippen LogP contribution is -2.43. The van der Waals surface area contributed by atoms with Crippen molar-refractivity contribution >= 4 is 23.4 Å². The Morgan fingerprint density at radius 3 is 1.98 bits per heavy atom. The molecule has 2 N–H and O–H groups in total. The van der Waals surface area contributed by atoms with Crippen LogP contribution >= 0.6 is 0 Å². The van der Waals surface area contributed by atoms with Crippen molar-refractivity contribution in [2.75, 3.05) is 129 Å². The third-order valence-electron chi connectivity index (χ3n) is 10.6. The minimum atomic E-state index is -0.483. The van der Waals surface area contributed by atoms with E-state index in [-0.39, 0.29) is 24.8 Å². The van der Waals surface area contributed by atoms with Gasteiger partial charge in [-0.2, -0.15) is 9.61 Å². The molecule has 2 aliphatic rings. The van der Waals surface area contributed by atoms with Gasteiger partial charge in [0.2, 0.25) is 5.88 Å². The fourth-order valence-corrected chi connectivity index (χ4v) is 7.27. The SMILES string of the molecule is CCc1cnn2c(NCc3ccc(OCCOCCOCCOCCOCCOCCOCCOC4CCN(C(=O)OC(C)(C)C)CC4)nc3)cc(N3CCCC[C@H]3CCO)nc12. The summed E-state index contributed by atoms with van der Waals surface area (Å²) in [6.45, 7) is 17.3. The highest BCUT2D eigenvalue weighted by Crippen LogP contribution is 2.29. The summed E-state index contributed by atoms with van der Waals surface area (Å²) in [7, 11) is 0. The van der Waals surface area contributed by atoms with Crippen molar-refractivity contribution in [1.29, 1.82) is 0 Å². The van der Waals surface area contributed by atoms with E-state index >= 15 is 0 Å². The number of piperidine rings is 2. The number of aryl methyl sites for hydroxylation is 1. The number of likely N-dealkylation sites (tertiary alicyclic amines) is 1. The van der Waals surface area contributed by atoms with Gasteiger partial charge in [-0.1, -0.05) is 13.0 Å². The number of carbonyl (C=O) groups excluding carboxylic acids is 1. The van der Waals surface area contributed by atoms with E-state index in [1.807, 2.05) is 49.8 Å². The van der Waals surface area contributed by atoms with Gasteiger partial charge in [0.25, 0.3) is 0 Å². The number of aliphatic hydroxyl groups is 1. The first kappa shape index (κ1) is 50.1. The van der Waals surface area contributed by atoms with Gasteiger partial charge in [-0.05, 0) is 71.3 Å². The number of amides is 1. The van der Waals surface area contributed by atoms with Gasteiger partial charge in [0, 0.05) is 62.7 Å². The van der Waals surface area contributed by atoms with Crippen LogP contribution in [0.1, 0.15) is 77.3 Å². The molecule has 5 rings (SSSR count). The lowest BCUT2D eigenvalue weighted by Gasteiger charge is -2.36. The van der Waals surface area contributed by atoms with E-state index in [0.29, 0.717) is 118 Å². The van der Waals surface area contributed by atoms with E-state index in [9.17, 15) is 9.90 Å². The number of pyridine rings is 1. The second-order valence-electron chi connectivity index (χ2n) is 16.5. The average molecular weight is 888 g/mol. The summed E-state index contributed by atoms with van der Waals surface area (Å²) in [5.41, 5.74) is 2.48. The lowest BCUT2D eigenvalue weighted by molar-refractivity contribution is -0.0402. The molecule has 0 unspecified atom stereocenters. The Balaban J connectivity index is 0.796. The first-order valence-electron chi connectivity index (χ1n) is 22.9. The Labute approximate surface area is 373 Å².